The number of aromatic nitrogens is 3. The molecule has 1 fully saturated rings. The molecule has 0 aliphatic carbocycles. The average Bonchev–Trinajstić information content (AvgIpc) is 3.33. The van der Waals surface area contributed by atoms with Crippen LogP contribution in [0.4, 0.5) is 0 Å². The molecule has 0 bridgehead atoms. The summed E-state index contributed by atoms with van der Waals surface area (Å²) in [6, 6.07) is 5.71. The largest absolute Gasteiger partial charge is 0.507 e. The number of aromatic amines is 1. The molecule has 132 valence electrons. The minimum absolute atomic E-state index is 0.0930. The molecule has 3 N–H and O–H groups in total. The molecule has 1 saturated heterocycles. The SMILES string of the molecule is O=c1[nH]c2ccc(O)c(-c3cnn(C4CCNCC4)c3)c2c2ccsc12. The topological polar surface area (TPSA) is 82.9 Å². The highest BCUT2D eigenvalue weighted by atomic mass is 32.1. The number of benzene rings is 1. The molecule has 0 radical (unpaired) electrons. The number of hydrogen-bond acceptors (Lipinski definition) is 5. The average molecular weight is 366 g/mol. The highest BCUT2D eigenvalue weighted by Gasteiger charge is 2.19. The molecule has 1 aliphatic rings. The van der Waals surface area contributed by atoms with Gasteiger partial charge in [0, 0.05) is 33.6 Å². The molecule has 0 unspecified atom stereocenters. The number of H-pyrrole nitrogens is 1. The third-order valence-corrected chi connectivity index (χ3v) is 6.06. The highest BCUT2D eigenvalue weighted by Crippen LogP contribution is 2.39. The van der Waals surface area contributed by atoms with Crippen molar-refractivity contribution >= 4 is 32.3 Å². The van der Waals surface area contributed by atoms with Crippen molar-refractivity contribution in [3.8, 4) is 16.9 Å². The molecule has 6 nitrogen and oxygen atoms in total. The lowest BCUT2D eigenvalue weighted by Gasteiger charge is -2.22. The number of thiophene rings is 1. The summed E-state index contributed by atoms with van der Waals surface area (Å²) in [5.41, 5.74) is 2.22. The lowest BCUT2D eigenvalue weighted by molar-refractivity contribution is 0.343. The normalized spacial score (nSPS) is 15.8. The molecule has 0 saturated carbocycles. The molecular formula is C19H18N4O2S. The number of rotatable bonds is 2. The van der Waals surface area contributed by atoms with E-state index < -0.39 is 0 Å². The quantitative estimate of drug-likeness (QED) is 0.509. The minimum atomic E-state index is -0.0930. The van der Waals surface area contributed by atoms with Gasteiger partial charge in [0.2, 0.25) is 0 Å². The van der Waals surface area contributed by atoms with Crippen molar-refractivity contribution in [3.05, 3.63) is 46.3 Å². The second-order valence-corrected chi connectivity index (χ2v) is 7.61. The van der Waals surface area contributed by atoms with Crippen LogP contribution in [0.3, 0.4) is 0 Å². The Balaban J connectivity index is 1.74. The van der Waals surface area contributed by atoms with Crippen molar-refractivity contribution in [2.24, 2.45) is 0 Å². The van der Waals surface area contributed by atoms with Gasteiger partial charge in [0.25, 0.3) is 5.56 Å². The number of nitrogens with zero attached hydrogens (tertiary/aromatic N) is 2. The van der Waals surface area contributed by atoms with Gasteiger partial charge in [-0.05, 0) is 49.5 Å². The molecule has 7 heteroatoms. The fourth-order valence-electron chi connectivity index (χ4n) is 3.87. The first-order valence-corrected chi connectivity index (χ1v) is 9.61. The van der Waals surface area contributed by atoms with Gasteiger partial charge in [-0.1, -0.05) is 0 Å². The molecular weight excluding hydrogens is 348 g/mol. The molecule has 4 aromatic rings. The number of phenolic OH excluding ortho intramolecular Hbond substituents is 1. The summed E-state index contributed by atoms with van der Waals surface area (Å²) < 4.78 is 2.68. The predicted octanol–water partition coefficient (Wildman–Crippen LogP) is 3.24. The standard InChI is InChI=1S/C19H18N4O2S/c24-15-2-1-14-17(13-5-8-26-18(13)19(25)22-14)16(15)11-9-21-23(10-11)12-3-6-20-7-4-12/h1-2,5,8-10,12,20,24H,3-4,6-7H2,(H,22,25). The molecule has 1 aromatic carbocycles. The van der Waals surface area contributed by atoms with Gasteiger partial charge in [0.1, 0.15) is 10.4 Å². The summed E-state index contributed by atoms with van der Waals surface area (Å²) in [7, 11) is 0. The number of pyridine rings is 1. The summed E-state index contributed by atoms with van der Waals surface area (Å²) in [4.78, 5) is 15.2. The first kappa shape index (κ1) is 15.6. The van der Waals surface area contributed by atoms with Gasteiger partial charge in [0.05, 0.1) is 12.2 Å². The molecule has 1 aliphatic heterocycles. The van der Waals surface area contributed by atoms with E-state index in [1.165, 1.54) is 11.3 Å². The Morgan fingerprint density at radius 3 is 2.92 bits per heavy atom. The van der Waals surface area contributed by atoms with E-state index in [9.17, 15) is 9.90 Å². The Hall–Kier alpha value is -2.64. The number of piperidine rings is 1. The van der Waals surface area contributed by atoms with Crippen molar-refractivity contribution < 1.29 is 5.11 Å². The lowest BCUT2D eigenvalue weighted by Crippen LogP contribution is -2.29. The fraction of sp³-hybridized carbons (Fsp3) is 0.263. The zero-order valence-corrected chi connectivity index (χ0v) is 14.8. The second kappa shape index (κ2) is 5.96. The predicted molar refractivity (Wildman–Crippen MR) is 104 cm³/mol. The lowest BCUT2D eigenvalue weighted by atomic mass is 9.99. The molecule has 4 heterocycles. The maximum Gasteiger partial charge on any atom is 0.266 e. The third-order valence-electron chi connectivity index (χ3n) is 5.15. The van der Waals surface area contributed by atoms with Gasteiger partial charge in [0.15, 0.2) is 0 Å². The van der Waals surface area contributed by atoms with E-state index >= 15 is 0 Å². The summed E-state index contributed by atoms with van der Waals surface area (Å²) >= 11 is 1.41. The van der Waals surface area contributed by atoms with Crippen LogP contribution < -0.4 is 10.9 Å². The van der Waals surface area contributed by atoms with Crippen LogP contribution in [-0.4, -0.2) is 33.0 Å². The van der Waals surface area contributed by atoms with Gasteiger partial charge >= 0.3 is 0 Å². The van der Waals surface area contributed by atoms with Crippen LogP contribution >= 0.6 is 11.3 Å². The highest BCUT2D eigenvalue weighted by molar-refractivity contribution is 7.17. The number of nitrogens with one attached hydrogen (secondary N) is 2. The van der Waals surface area contributed by atoms with Crippen LogP contribution in [0.5, 0.6) is 5.75 Å². The van der Waals surface area contributed by atoms with Gasteiger partial charge in [-0.15, -0.1) is 11.3 Å². The Kier molecular flexibility index (Phi) is 3.58. The van der Waals surface area contributed by atoms with Gasteiger partial charge < -0.3 is 15.4 Å². The van der Waals surface area contributed by atoms with E-state index in [0.717, 1.165) is 53.3 Å². The Morgan fingerprint density at radius 1 is 1.23 bits per heavy atom. The molecule has 0 amide bonds. The van der Waals surface area contributed by atoms with Crippen molar-refractivity contribution in [3.63, 3.8) is 0 Å². The van der Waals surface area contributed by atoms with E-state index in [1.54, 1.807) is 18.3 Å². The van der Waals surface area contributed by atoms with Crippen molar-refractivity contribution in [2.45, 2.75) is 18.9 Å². The van der Waals surface area contributed by atoms with Crippen LogP contribution in [0, 0.1) is 0 Å². The Bertz CT molecular complexity index is 1170. The van der Waals surface area contributed by atoms with Crippen molar-refractivity contribution in [2.75, 3.05) is 13.1 Å². The number of hydrogen-bond donors (Lipinski definition) is 3. The third kappa shape index (κ3) is 2.35. The van der Waals surface area contributed by atoms with Crippen molar-refractivity contribution in [1.82, 2.24) is 20.1 Å². The molecule has 3 aromatic heterocycles. The Morgan fingerprint density at radius 2 is 2.08 bits per heavy atom. The van der Waals surface area contributed by atoms with Crippen LogP contribution in [0.15, 0.2) is 40.8 Å². The maximum atomic E-state index is 12.3. The monoisotopic (exact) mass is 366 g/mol. The first-order chi connectivity index (χ1) is 12.7. The molecule has 26 heavy (non-hydrogen) atoms. The molecule has 0 atom stereocenters. The zero-order valence-electron chi connectivity index (χ0n) is 14.0. The van der Waals surface area contributed by atoms with Gasteiger partial charge in [-0.3, -0.25) is 9.48 Å². The van der Waals surface area contributed by atoms with Crippen LogP contribution in [-0.2, 0) is 0 Å². The first-order valence-electron chi connectivity index (χ1n) is 8.73. The van der Waals surface area contributed by atoms with E-state index in [2.05, 4.69) is 15.4 Å². The summed E-state index contributed by atoms with van der Waals surface area (Å²) in [6.45, 7) is 1.99. The van der Waals surface area contributed by atoms with Crippen LogP contribution in [0.25, 0.3) is 32.1 Å². The number of phenols is 1. The van der Waals surface area contributed by atoms with Crippen LogP contribution in [0.2, 0.25) is 0 Å². The summed E-state index contributed by atoms with van der Waals surface area (Å²) in [5.74, 6) is 0.196. The summed E-state index contributed by atoms with van der Waals surface area (Å²) in [6.07, 6.45) is 5.91. The smallest absolute Gasteiger partial charge is 0.266 e. The molecule has 5 rings (SSSR count). The van der Waals surface area contributed by atoms with Crippen LogP contribution in [0.1, 0.15) is 18.9 Å². The maximum absolute atomic E-state index is 12.3. The number of aromatic hydroxyl groups is 1. The number of fused-ring (bicyclic) bond motifs is 3. The molecule has 0 spiro atoms. The minimum Gasteiger partial charge on any atom is -0.507 e. The van der Waals surface area contributed by atoms with E-state index in [4.69, 9.17) is 0 Å². The summed E-state index contributed by atoms with van der Waals surface area (Å²) in [5, 5.41) is 22.2. The van der Waals surface area contributed by atoms with Gasteiger partial charge in [-0.2, -0.15) is 5.10 Å². The zero-order chi connectivity index (χ0) is 17.7. The van der Waals surface area contributed by atoms with Gasteiger partial charge in [-0.25, -0.2) is 0 Å². The van der Waals surface area contributed by atoms with E-state index in [0.29, 0.717) is 10.7 Å². The second-order valence-electron chi connectivity index (χ2n) is 6.69. The van der Waals surface area contributed by atoms with E-state index in [-0.39, 0.29) is 11.3 Å². The fourth-order valence-corrected chi connectivity index (χ4v) is 4.66. The van der Waals surface area contributed by atoms with Crippen molar-refractivity contribution in [1.29, 1.82) is 0 Å². The van der Waals surface area contributed by atoms with E-state index in [1.807, 2.05) is 22.3 Å². The Labute approximate surface area is 153 Å².